The maximum atomic E-state index is 12.1. The van der Waals surface area contributed by atoms with E-state index in [1.165, 1.54) is 18.2 Å². The van der Waals surface area contributed by atoms with Crippen LogP contribution in [0.25, 0.3) is 0 Å². The number of hydrogen-bond donors (Lipinski definition) is 2. The van der Waals surface area contributed by atoms with Gasteiger partial charge in [-0.3, -0.25) is 0 Å². The van der Waals surface area contributed by atoms with Crippen molar-refractivity contribution in [1.82, 2.24) is 10.0 Å². The Bertz CT molecular complexity index is 605. The van der Waals surface area contributed by atoms with E-state index in [-0.39, 0.29) is 23.3 Å². The van der Waals surface area contributed by atoms with E-state index >= 15 is 0 Å². The summed E-state index contributed by atoms with van der Waals surface area (Å²) in [4.78, 5) is 0.210. The molecule has 7 heteroatoms. The van der Waals surface area contributed by atoms with Crippen molar-refractivity contribution < 1.29 is 8.42 Å². The molecule has 20 heavy (non-hydrogen) atoms. The molecule has 1 fully saturated rings. The van der Waals surface area contributed by atoms with Gasteiger partial charge >= 0.3 is 0 Å². The molecular weight excluding hydrogens is 298 g/mol. The van der Waals surface area contributed by atoms with Crippen LogP contribution >= 0.6 is 12.4 Å². The molecule has 1 aromatic carbocycles. The summed E-state index contributed by atoms with van der Waals surface area (Å²) in [6.45, 7) is 3.08. The minimum atomic E-state index is -3.49. The van der Waals surface area contributed by atoms with E-state index in [1.54, 1.807) is 6.92 Å². The molecule has 1 aliphatic rings. The quantitative estimate of drug-likeness (QED) is 0.878. The fraction of sp³-hybridized carbons (Fsp3) is 0.462. The average molecular weight is 316 g/mol. The molecular formula is C13H18ClN3O2S. The summed E-state index contributed by atoms with van der Waals surface area (Å²) in [7, 11) is -3.49. The summed E-state index contributed by atoms with van der Waals surface area (Å²) >= 11 is 0. The number of nitrogens with one attached hydrogen (secondary N) is 2. The number of hydrogen-bond acceptors (Lipinski definition) is 4. The summed E-state index contributed by atoms with van der Waals surface area (Å²) in [5.41, 5.74) is 1.17. The lowest BCUT2D eigenvalue weighted by atomic mass is 10.1. The first kappa shape index (κ1) is 16.9. The topological polar surface area (TPSA) is 82.0 Å². The summed E-state index contributed by atoms with van der Waals surface area (Å²) in [6.07, 6.45) is 2.08. The van der Waals surface area contributed by atoms with Crippen molar-refractivity contribution in [3.8, 4) is 6.07 Å². The molecule has 0 aliphatic carbocycles. The van der Waals surface area contributed by atoms with Gasteiger partial charge in [0.1, 0.15) is 0 Å². The Labute approximate surface area is 125 Å². The Morgan fingerprint density at radius 1 is 1.50 bits per heavy atom. The van der Waals surface area contributed by atoms with E-state index in [0.29, 0.717) is 17.7 Å². The molecule has 1 aliphatic heterocycles. The van der Waals surface area contributed by atoms with Crippen LogP contribution in [-0.4, -0.2) is 27.5 Å². The van der Waals surface area contributed by atoms with Crippen LogP contribution < -0.4 is 10.0 Å². The summed E-state index contributed by atoms with van der Waals surface area (Å²) in [6, 6.07) is 6.78. The van der Waals surface area contributed by atoms with Gasteiger partial charge in [0.15, 0.2) is 0 Å². The monoisotopic (exact) mass is 315 g/mol. The third-order valence-electron chi connectivity index (χ3n) is 3.31. The minimum absolute atomic E-state index is 0. The molecule has 2 rings (SSSR count). The first-order valence-corrected chi connectivity index (χ1v) is 7.75. The molecule has 1 saturated heterocycles. The molecule has 1 atom stereocenters. The van der Waals surface area contributed by atoms with Gasteiger partial charge in [-0.05, 0) is 50.1 Å². The highest BCUT2D eigenvalue weighted by Crippen LogP contribution is 2.15. The van der Waals surface area contributed by atoms with Crippen LogP contribution in [0.3, 0.4) is 0 Å². The van der Waals surface area contributed by atoms with Crippen molar-refractivity contribution in [3.63, 3.8) is 0 Å². The van der Waals surface area contributed by atoms with E-state index in [9.17, 15) is 8.42 Å². The number of sulfonamides is 1. The lowest BCUT2D eigenvalue weighted by molar-refractivity contribution is 0.551. The van der Waals surface area contributed by atoms with Gasteiger partial charge in [0.25, 0.3) is 0 Å². The van der Waals surface area contributed by atoms with Gasteiger partial charge in [0.05, 0.1) is 16.5 Å². The lowest BCUT2D eigenvalue weighted by Crippen LogP contribution is -2.37. The molecule has 0 spiro atoms. The maximum Gasteiger partial charge on any atom is 0.240 e. The standard InChI is InChI=1S/C13H17N3O2S.ClH/c1-10-7-13(5-4-11(10)8-14)19(17,18)16-9-12-3-2-6-15-12;/h4-5,7,12,15-16H,2-3,6,9H2,1H3;1H. The Balaban J connectivity index is 0.00000200. The molecule has 5 nitrogen and oxygen atoms in total. The summed E-state index contributed by atoms with van der Waals surface area (Å²) < 4.78 is 26.8. The van der Waals surface area contributed by atoms with Crippen molar-refractivity contribution in [1.29, 1.82) is 5.26 Å². The SMILES string of the molecule is Cc1cc(S(=O)(=O)NCC2CCCN2)ccc1C#N.Cl. The minimum Gasteiger partial charge on any atom is -0.313 e. The second kappa shape index (κ2) is 7.04. The number of benzene rings is 1. The fourth-order valence-electron chi connectivity index (χ4n) is 2.15. The van der Waals surface area contributed by atoms with E-state index < -0.39 is 10.0 Å². The Hall–Kier alpha value is -1.13. The van der Waals surface area contributed by atoms with Crippen molar-refractivity contribution in [3.05, 3.63) is 29.3 Å². The zero-order valence-corrected chi connectivity index (χ0v) is 12.9. The smallest absolute Gasteiger partial charge is 0.240 e. The normalized spacial score (nSPS) is 18.3. The van der Waals surface area contributed by atoms with Gasteiger partial charge in [0, 0.05) is 12.6 Å². The highest BCUT2D eigenvalue weighted by Gasteiger charge is 2.19. The van der Waals surface area contributed by atoms with Gasteiger partial charge in [-0.15, -0.1) is 12.4 Å². The number of nitrogens with zero attached hydrogens (tertiary/aromatic N) is 1. The molecule has 1 unspecified atom stereocenters. The number of aryl methyl sites for hydroxylation is 1. The van der Waals surface area contributed by atoms with Gasteiger partial charge < -0.3 is 5.32 Å². The van der Waals surface area contributed by atoms with Gasteiger partial charge in [-0.2, -0.15) is 5.26 Å². The first-order chi connectivity index (χ1) is 9.03. The predicted molar refractivity (Wildman–Crippen MR) is 79.4 cm³/mol. The maximum absolute atomic E-state index is 12.1. The number of halogens is 1. The third kappa shape index (κ3) is 3.93. The van der Waals surface area contributed by atoms with Crippen LogP contribution in [0.15, 0.2) is 23.1 Å². The second-order valence-corrected chi connectivity index (χ2v) is 6.50. The summed E-state index contributed by atoms with van der Waals surface area (Å²) in [5.74, 6) is 0. The Morgan fingerprint density at radius 3 is 2.80 bits per heavy atom. The molecule has 0 radical (unpaired) electrons. The highest BCUT2D eigenvalue weighted by atomic mass is 35.5. The van der Waals surface area contributed by atoms with Gasteiger partial charge in [0.2, 0.25) is 10.0 Å². The van der Waals surface area contributed by atoms with Crippen LogP contribution in [0.4, 0.5) is 0 Å². The molecule has 110 valence electrons. The Morgan fingerprint density at radius 2 is 2.25 bits per heavy atom. The molecule has 0 saturated carbocycles. The zero-order chi connectivity index (χ0) is 13.9. The zero-order valence-electron chi connectivity index (χ0n) is 11.2. The predicted octanol–water partition coefficient (Wildman–Crippen LogP) is 1.32. The molecule has 0 aromatic heterocycles. The average Bonchev–Trinajstić information content (AvgIpc) is 2.89. The van der Waals surface area contributed by atoms with Crippen LogP contribution in [0, 0.1) is 18.3 Å². The van der Waals surface area contributed by atoms with E-state index in [1.807, 2.05) is 6.07 Å². The molecule has 0 amide bonds. The fourth-order valence-corrected chi connectivity index (χ4v) is 3.32. The van der Waals surface area contributed by atoms with Crippen molar-refractivity contribution in [2.24, 2.45) is 0 Å². The van der Waals surface area contributed by atoms with E-state index in [0.717, 1.165) is 19.4 Å². The summed E-state index contributed by atoms with van der Waals surface area (Å²) in [5, 5.41) is 12.1. The van der Waals surface area contributed by atoms with Crippen LogP contribution in [-0.2, 0) is 10.0 Å². The third-order valence-corrected chi connectivity index (χ3v) is 4.73. The van der Waals surface area contributed by atoms with Crippen LogP contribution in [0.2, 0.25) is 0 Å². The number of rotatable bonds is 4. The second-order valence-electron chi connectivity index (χ2n) is 4.73. The number of nitriles is 1. The van der Waals surface area contributed by atoms with Crippen molar-refractivity contribution in [2.75, 3.05) is 13.1 Å². The molecule has 1 aromatic rings. The molecule has 2 N–H and O–H groups in total. The van der Waals surface area contributed by atoms with Crippen molar-refractivity contribution in [2.45, 2.75) is 30.7 Å². The molecule has 0 bridgehead atoms. The molecule has 1 heterocycles. The highest BCUT2D eigenvalue weighted by molar-refractivity contribution is 7.89. The van der Waals surface area contributed by atoms with Gasteiger partial charge in [-0.1, -0.05) is 0 Å². The Kier molecular flexibility index (Phi) is 5.96. The van der Waals surface area contributed by atoms with E-state index in [2.05, 4.69) is 10.0 Å². The van der Waals surface area contributed by atoms with Gasteiger partial charge in [-0.25, -0.2) is 13.1 Å². The van der Waals surface area contributed by atoms with Crippen LogP contribution in [0.1, 0.15) is 24.0 Å². The largest absolute Gasteiger partial charge is 0.313 e. The van der Waals surface area contributed by atoms with E-state index in [4.69, 9.17) is 5.26 Å². The van der Waals surface area contributed by atoms with Crippen LogP contribution in [0.5, 0.6) is 0 Å². The first-order valence-electron chi connectivity index (χ1n) is 6.27. The lowest BCUT2D eigenvalue weighted by Gasteiger charge is -2.12. The van der Waals surface area contributed by atoms with Crippen molar-refractivity contribution >= 4 is 22.4 Å².